The van der Waals surface area contributed by atoms with Gasteiger partial charge >= 0.3 is 0 Å². The molecule has 0 unspecified atom stereocenters. The van der Waals surface area contributed by atoms with Gasteiger partial charge in [0.2, 0.25) is 0 Å². The highest BCUT2D eigenvalue weighted by Crippen LogP contribution is 2.28. The van der Waals surface area contributed by atoms with Crippen molar-refractivity contribution in [2.45, 2.75) is 13.8 Å². The van der Waals surface area contributed by atoms with Gasteiger partial charge < -0.3 is 5.32 Å². The zero-order valence-corrected chi connectivity index (χ0v) is 17.9. The van der Waals surface area contributed by atoms with Crippen LogP contribution in [0.4, 0.5) is 10.8 Å². The number of pyridine rings is 1. The van der Waals surface area contributed by atoms with E-state index in [0.29, 0.717) is 21.9 Å². The molecule has 0 aliphatic carbocycles. The van der Waals surface area contributed by atoms with Crippen molar-refractivity contribution in [3.8, 4) is 11.3 Å². The smallest absolute Gasteiger partial charge is 0.257 e. The standard InChI is InChI=1S/C24H20N4O2S/c1-15-8-9-20(16(2)11-15)21-14-31-24(27-21)28-22(29)17-5-3-7-19(12-17)26-23(30)18-6-4-10-25-13-18/h3-14H,1-2H3,(H,26,30)(H,27,28,29). The molecule has 154 valence electrons. The van der Waals surface area contributed by atoms with Gasteiger partial charge in [0, 0.05) is 34.6 Å². The minimum absolute atomic E-state index is 0.288. The van der Waals surface area contributed by atoms with Gasteiger partial charge in [-0.2, -0.15) is 0 Å². The Labute approximate surface area is 184 Å². The summed E-state index contributed by atoms with van der Waals surface area (Å²) in [6.45, 7) is 4.10. The number of rotatable bonds is 5. The highest BCUT2D eigenvalue weighted by Gasteiger charge is 2.13. The molecule has 6 nitrogen and oxygen atoms in total. The molecule has 2 N–H and O–H groups in total. The van der Waals surface area contributed by atoms with E-state index >= 15 is 0 Å². The van der Waals surface area contributed by atoms with E-state index in [-0.39, 0.29) is 11.8 Å². The van der Waals surface area contributed by atoms with Crippen LogP contribution in [-0.2, 0) is 0 Å². The van der Waals surface area contributed by atoms with Crippen LogP contribution in [-0.4, -0.2) is 21.8 Å². The average molecular weight is 429 g/mol. The van der Waals surface area contributed by atoms with Crippen LogP contribution in [0, 0.1) is 13.8 Å². The first-order valence-corrected chi connectivity index (χ1v) is 10.5. The number of carbonyl (C=O) groups is 2. The van der Waals surface area contributed by atoms with Gasteiger partial charge in [-0.1, -0.05) is 29.8 Å². The lowest BCUT2D eigenvalue weighted by atomic mass is 10.0. The summed E-state index contributed by atoms with van der Waals surface area (Å²) in [6.07, 6.45) is 3.09. The van der Waals surface area contributed by atoms with E-state index in [1.165, 1.54) is 23.1 Å². The second-order valence-electron chi connectivity index (χ2n) is 7.09. The van der Waals surface area contributed by atoms with Crippen molar-refractivity contribution in [3.05, 3.63) is 94.6 Å². The Hall–Kier alpha value is -3.84. The molecule has 2 aromatic heterocycles. The summed E-state index contributed by atoms with van der Waals surface area (Å²) in [6, 6.07) is 16.3. The van der Waals surface area contributed by atoms with E-state index in [2.05, 4.69) is 33.6 Å². The number of hydrogen-bond acceptors (Lipinski definition) is 5. The number of nitrogens with zero attached hydrogens (tertiary/aromatic N) is 2. The molecular weight excluding hydrogens is 408 g/mol. The Morgan fingerprint density at radius 1 is 0.903 bits per heavy atom. The van der Waals surface area contributed by atoms with Gasteiger partial charge in [0.05, 0.1) is 11.3 Å². The minimum atomic E-state index is -0.293. The molecule has 4 aromatic rings. The third kappa shape index (κ3) is 4.84. The van der Waals surface area contributed by atoms with Gasteiger partial charge in [-0.05, 0) is 49.7 Å². The summed E-state index contributed by atoms with van der Waals surface area (Å²) >= 11 is 1.37. The van der Waals surface area contributed by atoms with Crippen LogP contribution in [0.15, 0.2) is 72.4 Å². The lowest BCUT2D eigenvalue weighted by Crippen LogP contribution is -2.14. The summed E-state index contributed by atoms with van der Waals surface area (Å²) in [5.74, 6) is -0.581. The number of benzene rings is 2. The maximum Gasteiger partial charge on any atom is 0.257 e. The topological polar surface area (TPSA) is 84.0 Å². The summed E-state index contributed by atoms with van der Waals surface area (Å²) in [5, 5.41) is 8.07. The predicted molar refractivity (Wildman–Crippen MR) is 124 cm³/mol. The molecule has 0 atom stereocenters. The monoisotopic (exact) mass is 428 g/mol. The lowest BCUT2D eigenvalue weighted by Gasteiger charge is -2.07. The largest absolute Gasteiger partial charge is 0.322 e. The van der Waals surface area contributed by atoms with E-state index in [0.717, 1.165) is 16.8 Å². The van der Waals surface area contributed by atoms with Crippen molar-refractivity contribution in [2.75, 3.05) is 10.6 Å². The van der Waals surface area contributed by atoms with Crippen molar-refractivity contribution >= 4 is 34.0 Å². The van der Waals surface area contributed by atoms with Crippen molar-refractivity contribution in [1.82, 2.24) is 9.97 Å². The first-order valence-electron chi connectivity index (χ1n) is 9.65. The molecule has 0 saturated heterocycles. The molecule has 2 amide bonds. The molecule has 0 aliphatic rings. The highest BCUT2D eigenvalue weighted by molar-refractivity contribution is 7.14. The van der Waals surface area contributed by atoms with Crippen LogP contribution >= 0.6 is 11.3 Å². The molecule has 0 saturated carbocycles. The normalized spacial score (nSPS) is 10.5. The Morgan fingerprint density at radius 2 is 1.71 bits per heavy atom. The predicted octanol–water partition coefficient (Wildman–Crippen LogP) is 5.33. The number of thiazole rings is 1. The molecule has 2 heterocycles. The fourth-order valence-corrected chi connectivity index (χ4v) is 3.87. The number of nitrogens with one attached hydrogen (secondary N) is 2. The SMILES string of the molecule is Cc1ccc(-c2csc(NC(=O)c3cccc(NC(=O)c4cccnc4)c3)n2)c(C)c1. The molecule has 7 heteroatoms. The zero-order valence-electron chi connectivity index (χ0n) is 17.0. The molecule has 0 radical (unpaired) electrons. The molecular formula is C24H20N4O2S. The van der Waals surface area contributed by atoms with E-state index in [9.17, 15) is 9.59 Å². The van der Waals surface area contributed by atoms with Gasteiger partial charge in [-0.25, -0.2) is 4.98 Å². The van der Waals surface area contributed by atoms with Crippen LogP contribution in [0.2, 0.25) is 0 Å². The number of aromatic nitrogens is 2. The fraction of sp³-hybridized carbons (Fsp3) is 0.0833. The third-order valence-electron chi connectivity index (χ3n) is 4.69. The van der Waals surface area contributed by atoms with Crippen molar-refractivity contribution < 1.29 is 9.59 Å². The number of hydrogen-bond donors (Lipinski definition) is 2. The second-order valence-corrected chi connectivity index (χ2v) is 7.95. The number of anilines is 2. The number of carbonyl (C=O) groups excluding carboxylic acids is 2. The molecule has 4 rings (SSSR count). The van der Waals surface area contributed by atoms with Crippen molar-refractivity contribution in [1.29, 1.82) is 0 Å². The maximum atomic E-state index is 12.7. The molecule has 0 spiro atoms. The van der Waals surface area contributed by atoms with Crippen LogP contribution in [0.25, 0.3) is 11.3 Å². The van der Waals surface area contributed by atoms with E-state index in [4.69, 9.17) is 0 Å². The van der Waals surface area contributed by atoms with Crippen molar-refractivity contribution in [3.63, 3.8) is 0 Å². The molecule has 2 aromatic carbocycles. The molecule has 0 aliphatic heterocycles. The van der Waals surface area contributed by atoms with Gasteiger partial charge in [0.1, 0.15) is 0 Å². The molecule has 0 bridgehead atoms. The summed E-state index contributed by atoms with van der Waals surface area (Å²) in [5.41, 5.74) is 5.60. The maximum absolute atomic E-state index is 12.7. The quantitative estimate of drug-likeness (QED) is 0.450. The molecule has 0 fully saturated rings. The minimum Gasteiger partial charge on any atom is -0.322 e. The number of amides is 2. The van der Waals surface area contributed by atoms with Crippen LogP contribution in [0.3, 0.4) is 0 Å². The average Bonchev–Trinajstić information content (AvgIpc) is 3.22. The van der Waals surface area contributed by atoms with Crippen LogP contribution in [0.1, 0.15) is 31.8 Å². The van der Waals surface area contributed by atoms with Crippen LogP contribution < -0.4 is 10.6 Å². The van der Waals surface area contributed by atoms with E-state index < -0.39 is 0 Å². The fourth-order valence-electron chi connectivity index (χ4n) is 3.16. The summed E-state index contributed by atoms with van der Waals surface area (Å²) in [4.78, 5) is 33.5. The lowest BCUT2D eigenvalue weighted by molar-refractivity contribution is 0.101. The second kappa shape index (κ2) is 8.89. The zero-order chi connectivity index (χ0) is 21.8. The van der Waals surface area contributed by atoms with E-state index in [1.54, 1.807) is 42.6 Å². The number of aryl methyl sites for hydroxylation is 2. The third-order valence-corrected chi connectivity index (χ3v) is 5.45. The van der Waals surface area contributed by atoms with E-state index in [1.807, 2.05) is 24.4 Å². The first kappa shape index (κ1) is 20.4. The Kier molecular flexibility index (Phi) is 5.86. The van der Waals surface area contributed by atoms with Crippen molar-refractivity contribution in [2.24, 2.45) is 0 Å². The molecule has 31 heavy (non-hydrogen) atoms. The summed E-state index contributed by atoms with van der Waals surface area (Å²) < 4.78 is 0. The summed E-state index contributed by atoms with van der Waals surface area (Å²) in [7, 11) is 0. The van der Waals surface area contributed by atoms with Gasteiger partial charge in [-0.3, -0.25) is 19.9 Å². The highest BCUT2D eigenvalue weighted by atomic mass is 32.1. The van der Waals surface area contributed by atoms with Gasteiger partial charge in [0.25, 0.3) is 11.8 Å². The van der Waals surface area contributed by atoms with Gasteiger partial charge in [-0.15, -0.1) is 11.3 Å². The Bertz CT molecular complexity index is 1250. The Balaban J connectivity index is 1.46. The Morgan fingerprint density at radius 3 is 2.48 bits per heavy atom. The van der Waals surface area contributed by atoms with Gasteiger partial charge in [0.15, 0.2) is 5.13 Å². The first-order chi connectivity index (χ1) is 15.0. The van der Waals surface area contributed by atoms with Crippen LogP contribution in [0.5, 0.6) is 0 Å².